The van der Waals surface area contributed by atoms with E-state index >= 15 is 0 Å². The fourth-order valence-electron chi connectivity index (χ4n) is 3.45. The van der Waals surface area contributed by atoms with E-state index in [1.807, 2.05) is 38.1 Å². The number of carboxylic acid groups (broad SMARTS) is 1. The summed E-state index contributed by atoms with van der Waals surface area (Å²) in [7, 11) is 0. The molecular formula is C24H35N5O5. The third-order valence-electron chi connectivity index (χ3n) is 5.73. The fourth-order valence-corrected chi connectivity index (χ4v) is 3.45. The van der Waals surface area contributed by atoms with Gasteiger partial charge in [-0.15, -0.1) is 0 Å². The van der Waals surface area contributed by atoms with Crippen LogP contribution in [-0.4, -0.2) is 57.9 Å². The molecule has 1 heterocycles. The molecule has 4 atom stereocenters. The van der Waals surface area contributed by atoms with Crippen LogP contribution in [0.15, 0.2) is 30.5 Å². The Balaban J connectivity index is 2.28. The smallest absolute Gasteiger partial charge is 0.325 e. The molecule has 2 aromatic rings. The molecule has 1 aromatic heterocycles. The highest BCUT2D eigenvalue weighted by Gasteiger charge is 2.31. The number of carbonyl (C=O) groups is 4. The number of H-pyrrole nitrogens is 1. The number of nitrogens with two attached hydrogens (primary N) is 1. The Labute approximate surface area is 199 Å². The van der Waals surface area contributed by atoms with Crippen LogP contribution in [0.4, 0.5) is 0 Å². The number of amides is 3. The van der Waals surface area contributed by atoms with Crippen LogP contribution in [0.1, 0.15) is 40.2 Å². The van der Waals surface area contributed by atoms with Crippen LogP contribution in [0.3, 0.4) is 0 Å². The lowest BCUT2D eigenvalue weighted by molar-refractivity contribution is -0.142. The van der Waals surface area contributed by atoms with Gasteiger partial charge < -0.3 is 31.8 Å². The van der Waals surface area contributed by atoms with Crippen molar-refractivity contribution in [2.24, 2.45) is 17.6 Å². The molecule has 4 unspecified atom stereocenters. The molecule has 0 radical (unpaired) electrons. The molecule has 34 heavy (non-hydrogen) atoms. The third-order valence-corrected chi connectivity index (χ3v) is 5.73. The summed E-state index contributed by atoms with van der Waals surface area (Å²) in [4.78, 5) is 52.9. The van der Waals surface area contributed by atoms with E-state index in [1.54, 1.807) is 20.0 Å². The lowest BCUT2D eigenvalue weighted by atomic mass is 9.99. The quantitative estimate of drug-likeness (QED) is 0.284. The van der Waals surface area contributed by atoms with Crippen LogP contribution in [0.25, 0.3) is 10.9 Å². The van der Waals surface area contributed by atoms with Gasteiger partial charge in [0.25, 0.3) is 0 Å². The molecule has 186 valence electrons. The number of carboxylic acids is 1. The van der Waals surface area contributed by atoms with Gasteiger partial charge in [0.05, 0.1) is 6.04 Å². The number of aromatic nitrogens is 1. The summed E-state index contributed by atoms with van der Waals surface area (Å²) in [6.07, 6.45) is 1.95. The van der Waals surface area contributed by atoms with E-state index in [-0.39, 0.29) is 18.3 Å². The maximum absolute atomic E-state index is 13.3. The van der Waals surface area contributed by atoms with E-state index in [0.29, 0.717) is 0 Å². The van der Waals surface area contributed by atoms with Crippen molar-refractivity contribution in [2.45, 2.75) is 65.2 Å². The first-order valence-corrected chi connectivity index (χ1v) is 11.4. The van der Waals surface area contributed by atoms with Crippen LogP contribution in [0, 0.1) is 11.8 Å². The highest BCUT2D eigenvalue weighted by molar-refractivity contribution is 5.95. The van der Waals surface area contributed by atoms with Crippen molar-refractivity contribution < 1.29 is 24.3 Å². The van der Waals surface area contributed by atoms with Gasteiger partial charge in [0.15, 0.2) is 0 Å². The van der Waals surface area contributed by atoms with Crippen LogP contribution in [0.5, 0.6) is 0 Å². The topological polar surface area (TPSA) is 166 Å². The molecule has 7 N–H and O–H groups in total. The monoisotopic (exact) mass is 473 g/mol. The standard InChI is InChI=1S/C24H35N5O5/c1-12(2)19(25)22(31)28-18(10-15-11-26-17-9-7-6-8-16(15)17)21(30)29-20(13(3)4)23(32)27-14(5)24(33)34/h6-9,11-14,18-20,26H,10,25H2,1-5H3,(H,27,32)(H,28,31)(H,29,30)(H,33,34). The number of fused-ring (bicyclic) bond motifs is 1. The zero-order valence-electron chi connectivity index (χ0n) is 20.2. The predicted molar refractivity (Wildman–Crippen MR) is 129 cm³/mol. The molecule has 3 amide bonds. The molecule has 2 rings (SSSR count). The highest BCUT2D eigenvalue weighted by Crippen LogP contribution is 2.19. The zero-order valence-corrected chi connectivity index (χ0v) is 20.2. The first-order chi connectivity index (χ1) is 15.9. The van der Waals surface area contributed by atoms with Gasteiger partial charge in [-0.1, -0.05) is 45.9 Å². The van der Waals surface area contributed by atoms with E-state index in [4.69, 9.17) is 10.8 Å². The Hall–Kier alpha value is -3.40. The first-order valence-electron chi connectivity index (χ1n) is 11.4. The number of carbonyl (C=O) groups excluding carboxylic acids is 3. The number of para-hydroxylation sites is 1. The van der Waals surface area contributed by atoms with Crippen molar-refractivity contribution >= 4 is 34.6 Å². The number of hydrogen-bond acceptors (Lipinski definition) is 5. The molecule has 0 bridgehead atoms. The van der Waals surface area contributed by atoms with Gasteiger partial charge in [-0.2, -0.15) is 0 Å². The lowest BCUT2D eigenvalue weighted by Gasteiger charge is -2.27. The van der Waals surface area contributed by atoms with E-state index in [0.717, 1.165) is 16.5 Å². The summed E-state index contributed by atoms with van der Waals surface area (Å²) in [6, 6.07) is 3.68. The average molecular weight is 474 g/mol. The number of aromatic amines is 1. The Morgan fingerprint density at radius 2 is 1.56 bits per heavy atom. The second-order valence-corrected chi connectivity index (χ2v) is 9.19. The summed E-state index contributed by atoms with van der Waals surface area (Å²) in [5.41, 5.74) is 7.69. The normalized spacial score (nSPS) is 14.9. The summed E-state index contributed by atoms with van der Waals surface area (Å²) >= 11 is 0. The number of nitrogens with one attached hydrogen (secondary N) is 4. The molecule has 10 nitrogen and oxygen atoms in total. The second kappa shape index (κ2) is 11.6. The molecule has 1 aromatic carbocycles. The number of hydrogen-bond donors (Lipinski definition) is 6. The molecule has 0 aliphatic rings. The number of benzene rings is 1. The molecule has 0 saturated carbocycles. The molecule has 10 heteroatoms. The molecule has 0 saturated heterocycles. The van der Waals surface area contributed by atoms with E-state index < -0.39 is 47.9 Å². The van der Waals surface area contributed by atoms with Gasteiger partial charge in [-0.3, -0.25) is 19.2 Å². The predicted octanol–water partition coefficient (Wildman–Crippen LogP) is 0.909. The van der Waals surface area contributed by atoms with Crippen LogP contribution >= 0.6 is 0 Å². The minimum Gasteiger partial charge on any atom is -0.480 e. The van der Waals surface area contributed by atoms with E-state index in [9.17, 15) is 19.2 Å². The Bertz CT molecular complexity index is 1030. The second-order valence-electron chi connectivity index (χ2n) is 9.19. The Morgan fingerprint density at radius 1 is 0.912 bits per heavy atom. The van der Waals surface area contributed by atoms with Crippen molar-refractivity contribution in [3.8, 4) is 0 Å². The van der Waals surface area contributed by atoms with E-state index in [1.165, 1.54) is 6.92 Å². The van der Waals surface area contributed by atoms with Crippen molar-refractivity contribution in [1.82, 2.24) is 20.9 Å². The Kier molecular flexibility index (Phi) is 9.19. The molecule has 0 aliphatic carbocycles. The SMILES string of the molecule is CC(NC(=O)C(NC(=O)C(Cc1c[nH]c2ccccc12)NC(=O)C(N)C(C)C)C(C)C)C(=O)O. The van der Waals surface area contributed by atoms with Crippen LogP contribution in [-0.2, 0) is 25.6 Å². The highest BCUT2D eigenvalue weighted by atomic mass is 16.4. The average Bonchev–Trinajstić information content (AvgIpc) is 3.18. The van der Waals surface area contributed by atoms with Crippen molar-refractivity contribution in [2.75, 3.05) is 0 Å². The van der Waals surface area contributed by atoms with Crippen molar-refractivity contribution in [1.29, 1.82) is 0 Å². The fraction of sp³-hybridized carbons (Fsp3) is 0.500. The van der Waals surface area contributed by atoms with Gasteiger partial charge in [0, 0.05) is 23.5 Å². The molecular weight excluding hydrogens is 438 g/mol. The molecule has 0 spiro atoms. The largest absolute Gasteiger partial charge is 0.480 e. The van der Waals surface area contributed by atoms with Crippen LogP contribution in [0.2, 0.25) is 0 Å². The summed E-state index contributed by atoms with van der Waals surface area (Å²) < 4.78 is 0. The van der Waals surface area contributed by atoms with Crippen molar-refractivity contribution in [3.05, 3.63) is 36.0 Å². The lowest BCUT2D eigenvalue weighted by Crippen LogP contribution is -2.59. The van der Waals surface area contributed by atoms with Gasteiger partial charge in [-0.05, 0) is 30.4 Å². The molecule has 0 aliphatic heterocycles. The zero-order chi connectivity index (χ0) is 25.6. The van der Waals surface area contributed by atoms with E-state index in [2.05, 4.69) is 20.9 Å². The summed E-state index contributed by atoms with van der Waals surface area (Å²) in [5, 5.41) is 17.8. The van der Waals surface area contributed by atoms with Gasteiger partial charge in [0.1, 0.15) is 18.1 Å². The Morgan fingerprint density at radius 3 is 2.15 bits per heavy atom. The van der Waals surface area contributed by atoms with Gasteiger partial charge in [0.2, 0.25) is 17.7 Å². The first kappa shape index (κ1) is 26.8. The summed E-state index contributed by atoms with van der Waals surface area (Å²) in [5.74, 6) is -3.30. The minimum absolute atomic E-state index is 0.136. The van der Waals surface area contributed by atoms with Crippen LogP contribution < -0.4 is 21.7 Å². The number of rotatable bonds is 11. The molecule has 0 fully saturated rings. The summed E-state index contributed by atoms with van der Waals surface area (Å²) in [6.45, 7) is 8.42. The van der Waals surface area contributed by atoms with Gasteiger partial charge >= 0.3 is 5.97 Å². The van der Waals surface area contributed by atoms with Crippen molar-refractivity contribution in [3.63, 3.8) is 0 Å². The third kappa shape index (κ3) is 6.80. The minimum atomic E-state index is -1.19. The maximum Gasteiger partial charge on any atom is 0.325 e. The van der Waals surface area contributed by atoms with Gasteiger partial charge in [-0.25, -0.2) is 0 Å². The number of aliphatic carboxylic acids is 1. The maximum atomic E-state index is 13.3.